The summed E-state index contributed by atoms with van der Waals surface area (Å²) in [6.45, 7) is 8.68. The van der Waals surface area contributed by atoms with Gasteiger partial charge in [-0.15, -0.1) is 24.0 Å². The number of ether oxygens (including phenoxy) is 1. The number of rotatable bonds is 6. The Morgan fingerprint density at radius 2 is 2.07 bits per heavy atom. The Kier molecular flexibility index (Phi) is 13.9. The highest BCUT2D eigenvalue weighted by atomic mass is 127. The van der Waals surface area contributed by atoms with Crippen molar-refractivity contribution in [3.8, 4) is 0 Å². The SMILES string of the molecule is CCOCCCNC(=NC)NC(C)C.I. The van der Waals surface area contributed by atoms with E-state index in [4.69, 9.17) is 4.74 Å². The maximum absolute atomic E-state index is 5.23. The molecule has 0 bridgehead atoms. The normalized spacial score (nSPS) is 11.1. The Morgan fingerprint density at radius 1 is 1.40 bits per heavy atom. The van der Waals surface area contributed by atoms with Crippen molar-refractivity contribution in [3.63, 3.8) is 0 Å². The van der Waals surface area contributed by atoms with Gasteiger partial charge in [-0.1, -0.05) is 0 Å². The fourth-order valence-corrected chi connectivity index (χ4v) is 0.993. The molecule has 2 N–H and O–H groups in total. The number of aliphatic imine (C=N–C) groups is 1. The minimum atomic E-state index is 0. The number of guanidine groups is 1. The molecule has 0 saturated carbocycles. The summed E-state index contributed by atoms with van der Waals surface area (Å²) in [5.74, 6) is 0.858. The van der Waals surface area contributed by atoms with Gasteiger partial charge in [-0.3, -0.25) is 4.99 Å². The summed E-state index contributed by atoms with van der Waals surface area (Å²) >= 11 is 0. The summed E-state index contributed by atoms with van der Waals surface area (Å²) in [7, 11) is 1.78. The average Bonchev–Trinajstić information content (AvgIpc) is 2.15. The molecule has 0 fully saturated rings. The van der Waals surface area contributed by atoms with Crippen molar-refractivity contribution in [1.82, 2.24) is 10.6 Å². The molecule has 15 heavy (non-hydrogen) atoms. The van der Waals surface area contributed by atoms with Crippen LogP contribution in [0.3, 0.4) is 0 Å². The number of nitrogens with zero attached hydrogens (tertiary/aromatic N) is 1. The second-order valence-corrected chi connectivity index (χ2v) is 3.35. The molecule has 0 radical (unpaired) electrons. The minimum absolute atomic E-state index is 0. The zero-order chi connectivity index (χ0) is 10.8. The summed E-state index contributed by atoms with van der Waals surface area (Å²) in [5.41, 5.74) is 0. The van der Waals surface area contributed by atoms with E-state index in [-0.39, 0.29) is 24.0 Å². The number of nitrogens with one attached hydrogen (secondary N) is 2. The lowest BCUT2D eigenvalue weighted by Crippen LogP contribution is -2.41. The van der Waals surface area contributed by atoms with Gasteiger partial charge in [0.2, 0.25) is 0 Å². The summed E-state index contributed by atoms with van der Waals surface area (Å²) in [5, 5.41) is 6.44. The molecule has 0 unspecified atom stereocenters. The summed E-state index contributed by atoms with van der Waals surface area (Å²) < 4.78 is 5.23. The Balaban J connectivity index is 0. The second-order valence-electron chi connectivity index (χ2n) is 3.35. The van der Waals surface area contributed by atoms with Crippen LogP contribution in [-0.2, 0) is 4.74 Å². The van der Waals surface area contributed by atoms with Crippen molar-refractivity contribution in [1.29, 1.82) is 0 Å². The zero-order valence-corrected chi connectivity index (χ0v) is 12.5. The number of halogens is 1. The predicted molar refractivity (Wildman–Crippen MR) is 76.2 cm³/mol. The first-order valence-corrected chi connectivity index (χ1v) is 5.25. The maximum atomic E-state index is 5.23. The molecule has 4 nitrogen and oxygen atoms in total. The Hall–Kier alpha value is -0.0400. The quantitative estimate of drug-likeness (QED) is 0.337. The van der Waals surface area contributed by atoms with Gasteiger partial charge in [0.1, 0.15) is 0 Å². The minimum Gasteiger partial charge on any atom is -0.382 e. The van der Waals surface area contributed by atoms with Gasteiger partial charge in [0, 0.05) is 32.8 Å². The molecule has 0 aromatic rings. The van der Waals surface area contributed by atoms with Crippen LogP contribution in [-0.4, -0.2) is 38.8 Å². The smallest absolute Gasteiger partial charge is 0.191 e. The summed E-state index contributed by atoms with van der Waals surface area (Å²) in [4.78, 5) is 4.10. The molecule has 0 spiro atoms. The standard InChI is InChI=1S/C10H23N3O.HI/c1-5-14-8-6-7-12-10(11-4)13-9(2)3;/h9H,5-8H2,1-4H3,(H2,11,12,13);1H. The van der Waals surface area contributed by atoms with Gasteiger partial charge < -0.3 is 15.4 Å². The summed E-state index contributed by atoms with van der Waals surface area (Å²) in [6, 6.07) is 0.410. The van der Waals surface area contributed by atoms with E-state index in [1.165, 1.54) is 0 Å². The van der Waals surface area contributed by atoms with Crippen LogP contribution < -0.4 is 10.6 Å². The van der Waals surface area contributed by atoms with E-state index in [0.29, 0.717) is 6.04 Å². The van der Waals surface area contributed by atoms with E-state index in [1.807, 2.05) is 6.92 Å². The molecule has 0 heterocycles. The Bertz CT molecular complexity index is 163. The topological polar surface area (TPSA) is 45.6 Å². The van der Waals surface area contributed by atoms with Gasteiger partial charge in [0.05, 0.1) is 0 Å². The van der Waals surface area contributed by atoms with Gasteiger partial charge in [-0.25, -0.2) is 0 Å². The molecule has 0 aromatic heterocycles. The zero-order valence-electron chi connectivity index (χ0n) is 10.2. The van der Waals surface area contributed by atoms with Gasteiger partial charge in [-0.05, 0) is 27.2 Å². The molecule has 0 atom stereocenters. The molecule has 0 aliphatic carbocycles. The highest BCUT2D eigenvalue weighted by Gasteiger charge is 1.98. The molecule has 92 valence electrons. The van der Waals surface area contributed by atoms with Crippen LogP contribution >= 0.6 is 24.0 Å². The van der Waals surface area contributed by atoms with Gasteiger partial charge in [0.15, 0.2) is 5.96 Å². The number of hydrogen-bond donors (Lipinski definition) is 2. The van der Waals surface area contributed by atoms with Crippen molar-refractivity contribution in [3.05, 3.63) is 0 Å². The molecule has 5 heteroatoms. The van der Waals surface area contributed by atoms with E-state index in [2.05, 4.69) is 29.5 Å². The number of hydrogen-bond acceptors (Lipinski definition) is 2. The average molecular weight is 329 g/mol. The lowest BCUT2D eigenvalue weighted by Gasteiger charge is -2.14. The fourth-order valence-electron chi connectivity index (χ4n) is 0.993. The van der Waals surface area contributed by atoms with Crippen molar-refractivity contribution < 1.29 is 4.74 Å². The highest BCUT2D eigenvalue weighted by molar-refractivity contribution is 14.0. The second kappa shape index (κ2) is 12.0. The third-order valence-corrected chi connectivity index (χ3v) is 1.61. The Labute approximate surface area is 110 Å². The molecule has 0 saturated heterocycles. The van der Waals surface area contributed by atoms with Gasteiger partial charge in [-0.2, -0.15) is 0 Å². The first kappa shape index (κ1) is 17.4. The van der Waals surface area contributed by atoms with Crippen molar-refractivity contribution in [2.75, 3.05) is 26.8 Å². The lowest BCUT2D eigenvalue weighted by atomic mass is 10.4. The monoisotopic (exact) mass is 329 g/mol. The molecular formula is C10H24IN3O. The van der Waals surface area contributed by atoms with Crippen LogP contribution in [0.25, 0.3) is 0 Å². The molecule has 0 aromatic carbocycles. The molecule has 0 aliphatic heterocycles. The highest BCUT2D eigenvalue weighted by Crippen LogP contribution is 1.81. The van der Waals surface area contributed by atoms with Crippen LogP contribution in [0, 0.1) is 0 Å². The third kappa shape index (κ3) is 11.9. The van der Waals surface area contributed by atoms with Crippen LogP contribution in [0.4, 0.5) is 0 Å². The molecular weight excluding hydrogens is 305 g/mol. The summed E-state index contributed by atoms with van der Waals surface area (Å²) in [6.07, 6.45) is 1.01. The lowest BCUT2D eigenvalue weighted by molar-refractivity contribution is 0.145. The van der Waals surface area contributed by atoms with Crippen molar-refractivity contribution >= 4 is 29.9 Å². The van der Waals surface area contributed by atoms with Gasteiger partial charge >= 0.3 is 0 Å². The maximum Gasteiger partial charge on any atom is 0.191 e. The van der Waals surface area contributed by atoms with Crippen LogP contribution in [0.15, 0.2) is 4.99 Å². The van der Waals surface area contributed by atoms with Crippen LogP contribution in [0.5, 0.6) is 0 Å². The van der Waals surface area contributed by atoms with E-state index in [1.54, 1.807) is 7.05 Å². The Morgan fingerprint density at radius 3 is 2.53 bits per heavy atom. The van der Waals surface area contributed by atoms with Crippen LogP contribution in [0.2, 0.25) is 0 Å². The molecule has 0 rings (SSSR count). The van der Waals surface area contributed by atoms with Gasteiger partial charge in [0.25, 0.3) is 0 Å². The van der Waals surface area contributed by atoms with E-state index in [9.17, 15) is 0 Å². The third-order valence-electron chi connectivity index (χ3n) is 1.61. The first-order valence-electron chi connectivity index (χ1n) is 5.25. The van der Waals surface area contributed by atoms with Crippen molar-refractivity contribution in [2.45, 2.75) is 33.2 Å². The largest absolute Gasteiger partial charge is 0.382 e. The van der Waals surface area contributed by atoms with E-state index < -0.39 is 0 Å². The fraction of sp³-hybridized carbons (Fsp3) is 0.900. The van der Waals surface area contributed by atoms with Crippen molar-refractivity contribution in [2.24, 2.45) is 4.99 Å². The first-order chi connectivity index (χ1) is 6.70. The van der Waals surface area contributed by atoms with Crippen LogP contribution in [0.1, 0.15) is 27.2 Å². The van der Waals surface area contributed by atoms with E-state index in [0.717, 1.165) is 32.1 Å². The molecule has 0 aliphatic rings. The van der Waals surface area contributed by atoms with E-state index >= 15 is 0 Å². The predicted octanol–water partition coefficient (Wildman–Crippen LogP) is 1.60. The molecule has 0 amide bonds.